The second-order valence-corrected chi connectivity index (χ2v) is 11.5. The van der Waals surface area contributed by atoms with Crippen LogP contribution in [0.4, 0.5) is 13.2 Å². The fourth-order valence-corrected chi connectivity index (χ4v) is 5.11. The van der Waals surface area contributed by atoms with E-state index in [-0.39, 0.29) is 25.0 Å². The number of aliphatic hydroxyl groups excluding tert-OH is 1. The summed E-state index contributed by atoms with van der Waals surface area (Å²) in [5.41, 5.74) is -0.466. The molecule has 1 aromatic rings. The molecule has 38 heavy (non-hydrogen) atoms. The number of halogens is 3. The van der Waals surface area contributed by atoms with Crippen LogP contribution in [-0.2, 0) is 20.9 Å². The number of nitrogens with zero attached hydrogens (tertiary/aromatic N) is 1. The largest absolute Gasteiger partial charge is 0.457 e. The van der Waals surface area contributed by atoms with E-state index in [1.54, 1.807) is 47.7 Å². The van der Waals surface area contributed by atoms with Crippen LogP contribution in [0.2, 0.25) is 0 Å². The number of cyclic esters (lactones) is 1. The minimum absolute atomic E-state index is 0.0837. The number of allylic oxidation sites excluding steroid dienone is 2. The molecule has 0 aliphatic carbocycles. The molecule has 10 heteroatoms. The van der Waals surface area contributed by atoms with Gasteiger partial charge in [0.1, 0.15) is 16.9 Å². The van der Waals surface area contributed by atoms with Gasteiger partial charge in [-0.05, 0) is 38.5 Å². The number of aliphatic hydroxyl groups is 1. The van der Waals surface area contributed by atoms with Crippen LogP contribution in [0.5, 0.6) is 0 Å². The Kier molecular flexibility index (Phi) is 11.5. The Morgan fingerprint density at radius 1 is 1.32 bits per heavy atom. The second kappa shape index (κ2) is 13.7. The Hall–Kier alpha value is -2.30. The lowest BCUT2D eigenvalue weighted by Gasteiger charge is -2.30. The first-order valence-corrected chi connectivity index (χ1v) is 13.7. The van der Waals surface area contributed by atoms with Crippen molar-refractivity contribution >= 4 is 29.2 Å². The topological polar surface area (TPSA) is 88.5 Å². The van der Waals surface area contributed by atoms with E-state index >= 15 is 0 Å². The fraction of sp³-hybridized carbons (Fsp3) is 0.607. The van der Waals surface area contributed by atoms with Gasteiger partial charge in [0.2, 0.25) is 0 Å². The number of aromatic nitrogens is 1. The number of ketones is 1. The van der Waals surface area contributed by atoms with Gasteiger partial charge in [-0.15, -0.1) is 11.3 Å². The van der Waals surface area contributed by atoms with Gasteiger partial charge in [-0.2, -0.15) is 13.2 Å². The summed E-state index contributed by atoms with van der Waals surface area (Å²) in [5.74, 6) is -2.10. The van der Waals surface area contributed by atoms with Crippen molar-refractivity contribution in [3.05, 3.63) is 45.5 Å². The lowest BCUT2D eigenvalue weighted by molar-refractivity contribution is -0.148. The Balaban J connectivity index is 2.44. The average Bonchev–Trinajstić information content (AvgIpc) is 3.27. The molecule has 6 nitrogen and oxygen atoms in total. The molecule has 4 atom stereocenters. The molecule has 0 aromatic carbocycles. The summed E-state index contributed by atoms with van der Waals surface area (Å²) < 4.78 is 47.1. The second-order valence-electron chi connectivity index (χ2n) is 10.5. The number of nitrogens with one attached hydrogen (secondary N) is 1. The lowest BCUT2D eigenvalue weighted by atomic mass is 9.75. The van der Waals surface area contributed by atoms with Crippen LogP contribution in [0.25, 0.3) is 6.08 Å². The maximum absolute atomic E-state index is 13.8. The van der Waals surface area contributed by atoms with Crippen molar-refractivity contribution in [2.24, 2.45) is 17.3 Å². The third kappa shape index (κ3) is 9.17. The molecule has 1 aromatic heterocycles. The van der Waals surface area contributed by atoms with E-state index in [4.69, 9.17) is 4.74 Å². The highest BCUT2D eigenvalue weighted by molar-refractivity contribution is 7.09. The highest BCUT2D eigenvalue weighted by Crippen LogP contribution is 2.33. The summed E-state index contributed by atoms with van der Waals surface area (Å²) in [4.78, 5) is 30.4. The Morgan fingerprint density at radius 2 is 2.00 bits per heavy atom. The maximum atomic E-state index is 13.8. The minimum atomic E-state index is -4.58. The zero-order chi connectivity index (χ0) is 28.7. The van der Waals surface area contributed by atoms with Crippen LogP contribution in [0.3, 0.4) is 0 Å². The number of ether oxygens (including phenoxy) is 1. The highest BCUT2D eigenvalue weighted by atomic mass is 32.1. The van der Waals surface area contributed by atoms with Crippen LogP contribution in [0.1, 0.15) is 71.0 Å². The molecule has 0 saturated heterocycles. The van der Waals surface area contributed by atoms with Gasteiger partial charge in [0, 0.05) is 47.6 Å². The number of esters is 1. The third-order valence-electron chi connectivity index (χ3n) is 6.86. The van der Waals surface area contributed by atoms with Crippen LogP contribution >= 0.6 is 11.3 Å². The molecular formula is C28H39F3N2O4S. The monoisotopic (exact) mass is 556 g/mol. The van der Waals surface area contributed by atoms with Gasteiger partial charge < -0.3 is 15.2 Å². The predicted octanol–water partition coefficient (Wildman–Crippen LogP) is 6.02. The summed E-state index contributed by atoms with van der Waals surface area (Å²) in [5, 5.41) is 16.4. The van der Waals surface area contributed by atoms with E-state index in [2.05, 4.69) is 10.3 Å². The van der Waals surface area contributed by atoms with Crippen molar-refractivity contribution in [2.45, 2.75) is 85.2 Å². The minimum Gasteiger partial charge on any atom is -0.457 e. The molecular weight excluding hydrogens is 517 g/mol. The first-order valence-electron chi connectivity index (χ1n) is 12.8. The normalized spacial score (nSPS) is 28.9. The lowest BCUT2D eigenvalue weighted by Crippen LogP contribution is -2.38. The number of rotatable bonds is 4. The van der Waals surface area contributed by atoms with Crippen molar-refractivity contribution in [3.8, 4) is 0 Å². The van der Waals surface area contributed by atoms with Crippen molar-refractivity contribution < 1.29 is 32.6 Å². The first kappa shape index (κ1) is 31.9. The van der Waals surface area contributed by atoms with Crippen molar-refractivity contribution in [1.29, 1.82) is 0 Å². The van der Waals surface area contributed by atoms with E-state index < -0.39 is 53.6 Å². The van der Waals surface area contributed by atoms with E-state index in [9.17, 15) is 27.9 Å². The van der Waals surface area contributed by atoms with Crippen LogP contribution in [-0.4, -0.2) is 47.3 Å². The van der Waals surface area contributed by atoms with Gasteiger partial charge in [-0.3, -0.25) is 9.59 Å². The van der Waals surface area contributed by atoms with Gasteiger partial charge in [-0.1, -0.05) is 45.9 Å². The highest BCUT2D eigenvalue weighted by Gasteiger charge is 2.37. The number of hydrogen-bond acceptors (Lipinski definition) is 7. The molecule has 1 aliphatic heterocycles. The summed E-state index contributed by atoms with van der Waals surface area (Å²) in [6.07, 6.45) is -1.37. The molecule has 0 saturated carbocycles. The molecule has 0 radical (unpaired) electrons. The molecule has 212 valence electrons. The van der Waals surface area contributed by atoms with E-state index in [1.165, 1.54) is 23.5 Å². The number of alkyl halides is 3. The molecule has 0 spiro atoms. The van der Waals surface area contributed by atoms with Gasteiger partial charge in [0.05, 0.1) is 11.8 Å². The molecule has 2 rings (SSSR count). The maximum Gasteiger partial charge on any atom is 0.412 e. The molecule has 1 unspecified atom stereocenters. The SMILES string of the molecule is CNCc1nc(/C=C(\C)[C@@H]2C/C=C(/C(F)(F)F)C/C=C/C(C)[C@H](O)[C@@H](C)C(=O)C(C)(C)CCC(=O)O2)cs1. The van der Waals surface area contributed by atoms with Crippen LogP contribution in [0, 0.1) is 17.3 Å². The van der Waals surface area contributed by atoms with E-state index in [0.29, 0.717) is 17.8 Å². The van der Waals surface area contributed by atoms with E-state index in [0.717, 1.165) is 11.1 Å². The number of hydrogen-bond donors (Lipinski definition) is 2. The molecule has 1 aliphatic rings. The Bertz CT molecular complexity index is 1060. The number of carbonyl (C=O) groups is 2. The summed E-state index contributed by atoms with van der Waals surface area (Å²) >= 11 is 1.45. The quantitative estimate of drug-likeness (QED) is 0.348. The third-order valence-corrected chi connectivity index (χ3v) is 7.73. The van der Waals surface area contributed by atoms with Gasteiger partial charge in [0.25, 0.3) is 0 Å². The summed E-state index contributed by atoms with van der Waals surface area (Å²) in [6, 6.07) is 0. The fourth-order valence-electron chi connectivity index (χ4n) is 4.35. The van der Waals surface area contributed by atoms with Crippen molar-refractivity contribution in [2.75, 3.05) is 7.05 Å². The van der Waals surface area contributed by atoms with Gasteiger partial charge in [-0.25, -0.2) is 4.98 Å². The predicted molar refractivity (Wildman–Crippen MR) is 143 cm³/mol. The Labute approximate surface area is 227 Å². The van der Waals surface area contributed by atoms with E-state index in [1.807, 2.05) is 5.38 Å². The molecule has 2 heterocycles. The van der Waals surface area contributed by atoms with Crippen molar-refractivity contribution in [1.82, 2.24) is 10.3 Å². The standard InChI is InChI=1S/C28H39F3N2O4S/c1-17-8-7-9-20(28(29,30)31)10-11-22(18(2)14-21-16-38-23(33-21)15-32-6)37-24(34)12-13-27(4,5)26(36)19(3)25(17)35/h7-8,10,14,16-17,19,22,25,32,35H,9,11-13,15H2,1-6H3/b8-7+,18-14+,20-10+/t17?,19-,22+,25+/m1/s1. The number of Topliss-reactive ketones (excluding diaryl/α,β-unsaturated/α-hetero) is 1. The summed E-state index contributed by atoms with van der Waals surface area (Å²) in [6.45, 7) is 9.01. The Morgan fingerprint density at radius 3 is 2.63 bits per heavy atom. The molecule has 0 bridgehead atoms. The zero-order valence-electron chi connectivity index (χ0n) is 22.9. The average molecular weight is 557 g/mol. The van der Waals surface area contributed by atoms with Crippen LogP contribution < -0.4 is 5.32 Å². The van der Waals surface area contributed by atoms with Gasteiger partial charge >= 0.3 is 12.1 Å². The van der Waals surface area contributed by atoms with Gasteiger partial charge in [0.15, 0.2) is 0 Å². The van der Waals surface area contributed by atoms with Crippen molar-refractivity contribution in [3.63, 3.8) is 0 Å². The zero-order valence-corrected chi connectivity index (χ0v) is 23.7. The smallest absolute Gasteiger partial charge is 0.412 e. The molecule has 0 amide bonds. The number of carbonyl (C=O) groups excluding carboxylic acids is 2. The first-order chi connectivity index (χ1) is 17.7. The summed E-state index contributed by atoms with van der Waals surface area (Å²) in [7, 11) is 1.80. The molecule has 0 fully saturated rings. The number of thiazole rings is 1. The molecule has 2 N–H and O–H groups in total. The van der Waals surface area contributed by atoms with Crippen LogP contribution in [0.15, 0.2) is 34.8 Å².